The lowest BCUT2D eigenvalue weighted by Gasteiger charge is -2.39. The van der Waals surface area contributed by atoms with Crippen LogP contribution < -0.4 is 10.1 Å². The van der Waals surface area contributed by atoms with Gasteiger partial charge in [0.1, 0.15) is 5.75 Å². The second-order valence-electron chi connectivity index (χ2n) is 7.24. The van der Waals surface area contributed by atoms with Crippen LogP contribution >= 0.6 is 0 Å². The van der Waals surface area contributed by atoms with Crippen molar-refractivity contribution in [3.8, 4) is 5.75 Å². The van der Waals surface area contributed by atoms with Crippen LogP contribution in [0.15, 0.2) is 18.2 Å². The van der Waals surface area contributed by atoms with Gasteiger partial charge in [0.15, 0.2) is 0 Å². The largest absolute Gasteiger partial charge is 0.495 e. The first-order valence-corrected chi connectivity index (χ1v) is 8.37. The van der Waals surface area contributed by atoms with E-state index in [0.717, 1.165) is 17.4 Å². The standard InChI is InChI=1S/C19H31NO/c1-6-19(3,4)15-8-10-16(11-9-15)20-17-13-14(2)7-12-18(17)21-5/h7,12-13,15-16,20H,6,8-11H2,1-5H3. The SMILES string of the molecule is CCC(C)(C)C1CCC(Nc2cc(C)ccc2OC)CC1. The summed E-state index contributed by atoms with van der Waals surface area (Å²) < 4.78 is 5.47. The van der Waals surface area contributed by atoms with Crippen molar-refractivity contribution in [1.29, 1.82) is 0 Å². The number of anilines is 1. The molecule has 1 aromatic carbocycles. The molecule has 1 fully saturated rings. The molecule has 0 spiro atoms. The predicted molar refractivity (Wildman–Crippen MR) is 91.2 cm³/mol. The minimum atomic E-state index is 0.492. The molecule has 0 radical (unpaired) electrons. The van der Waals surface area contributed by atoms with E-state index in [1.807, 2.05) is 0 Å². The number of aryl methyl sites for hydroxylation is 1. The quantitative estimate of drug-likeness (QED) is 0.782. The number of hydrogen-bond donors (Lipinski definition) is 1. The van der Waals surface area contributed by atoms with Crippen LogP contribution in [0.3, 0.4) is 0 Å². The Morgan fingerprint density at radius 1 is 1.19 bits per heavy atom. The molecule has 1 aromatic rings. The molecule has 0 aromatic heterocycles. The molecule has 0 unspecified atom stereocenters. The van der Waals surface area contributed by atoms with Crippen LogP contribution in [0.1, 0.15) is 58.4 Å². The number of rotatable bonds is 5. The summed E-state index contributed by atoms with van der Waals surface area (Å²) in [5.74, 6) is 1.83. The third-order valence-electron chi connectivity index (χ3n) is 5.46. The fourth-order valence-electron chi connectivity index (χ4n) is 3.46. The van der Waals surface area contributed by atoms with Gasteiger partial charge in [-0.15, -0.1) is 0 Å². The lowest BCUT2D eigenvalue weighted by Crippen LogP contribution is -2.32. The van der Waals surface area contributed by atoms with E-state index in [4.69, 9.17) is 4.74 Å². The summed E-state index contributed by atoms with van der Waals surface area (Å²) in [7, 11) is 1.75. The first kappa shape index (κ1) is 16.2. The molecule has 1 saturated carbocycles. The lowest BCUT2D eigenvalue weighted by molar-refractivity contribution is 0.147. The summed E-state index contributed by atoms with van der Waals surface area (Å²) >= 11 is 0. The predicted octanol–water partition coefficient (Wildman–Crippen LogP) is 5.41. The molecule has 0 heterocycles. The van der Waals surface area contributed by atoms with E-state index in [1.54, 1.807) is 7.11 Å². The molecule has 2 rings (SSSR count). The molecule has 1 aliphatic rings. The van der Waals surface area contributed by atoms with Gasteiger partial charge in [-0.05, 0) is 61.6 Å². The van der Waals surface area contributed by atoms with Crippen molar-refractivity contribution in [3.63, 3.8) is 0 Å². The molecule has 118 valence electrons. The smallest absolute Gasteiger partial charge is 0.141 e. The average Bonchev–Trinajstić information content (AvgIpc) is 2.48. The van der Waals surface area contributed by atoms with Crippen LogP contribution in [-0.4, -0.2) is 13.2 Å². The molecule has 2 heteroatoms. The fraction of sp³-hybridized carbons (Fsp3) is 0.684. The van der Waals surface area contributed by atoms with E-state index in [2.05, 4.69) is 51.2 Å². The molecule has 0 amide bonds. The minimum absolute atomic E-state index is 0.492. The first-order valence-electron chi connectivity index (χ1n) is 8.37. The van der Waals surface area contributed by atoms with E-state index < -0.39 is 0 Å². The van der Waals surface area contributed by atoms with Gasteiger partial charge in [0.2, 0.25) is 0 Å². The van der Waals surface area contributed by atoms with Crippen LogP contribution in [0.2, 0.25) is 0 Å². The molecular formula is C19H31NO. The summed E-state index contributed by atoms with van der Waals surface area (Å²) in [6, 6.07) is 6.94. The maximum atomic E-state index is 5.47. The Morgan fingerprint density at radius 3 is 2.43 bits per heavy atom. The van der Waals surface area contributed by atoms with Crippen molar-refractivity contribution < 1.29 is 4.74 Å². The van der Waals surface area contributed by atoms with Gasteiger partial charge in [0.05, 0.1) is 12.8 Å². The zero-order valence-electron chi connectivity index (χ0n) is 14.3. The first-order chi connectivity index (χ1) is 9.96. The van der Waals surface area contributed by atoms with Gasteiger partial charge >= 0.3 is 0 Å². The molecule has 21 heavy (non-hydrogen) atoms. The van der Waals surface area contributed by atoms with Gasteiger partial charge in [-0.2, -0.15) is 0 Å². The second kappa shape index (κ2) is 6.72. The van der Waals surface area contributed by atoms with Crippen molar-refractivity contribution in [3.05, 3.63) is 23.8 Å². The molecule has 1 N–H and O–H groups in total. The van der Waals surface area contributed by atoms with E-state index in [0.29, 0.717) is 11.5 Å². The summed E-state index contributed by atoms with van der Waals surface area (Å²) in [5.41, 5.74) is 2.92. The van der Waals surface area contributed by atoms with Crippen LogP contribution in [0, 0.1) is 18.3 Å². The monoisotopic (exact) mass is 289 g/mol. The van der Waals surface area contributed by atoms with Gasteiger partial charge in [-0.3, -0.25) is 0 Å². The van der Waals surface area contributed by atoms with Crippen LogP contribution in [0.4, 0.5) is 5.69 Å². The van der Waals surface area contributed by atoms with Crippen molar-refractivity contribution in [1.82, 2.24) is 0 Å². The number of nitrogens with one attached hydrogen (secondary N) is 1. The maximum absolute atomic E-state index is 5.47. The van der Waals surface area contributed by atoms with E-state index >= 15 is 0 Å². The van der Waals surface area contributed by atoms with Crippen LogP contribution in [-0.2, 0) is 0 Å². The van der Waals surface area contributed by atoms with Crippen molar-refractivity contribution >= 4 is 5.69 Å². The Bertz CT molecular complexity index is 459. The van der Waals surface area contributed by atoms with E-state index in [1.165, 1.54) is 37.7 Å². The Kier molecular flexibility index (Phi) is 5.18. The van der Waals surface area contributed by atoms with Gasteiger partial charge < -0.3 is 10.1 Å². The summed E-state index contributed by atoms with van der Waals surface area (Å²) in [6.07, 6.45) is 6.50. The molecule has 0 bridgehead atoms. The van der Waals surface area contributed by atoms with Gasteiger partial charge in [-0.25, -0.2) is 0 Å². The van der Waals surface area contributed by atoms with Gasteiger partial charge in [0.25, 0.3) is 0 Å². The molecule has 0 atom stereocenters. The zero-order chi connectivity index (χ0) is 15.5. The van der Waals surface area contributed by atoms with Gasteiger partial charge in [0, 0.05) is 6.04 Å². The number of benzene rings is 1. The van der Waals surface area contributed by atoms with E-state index in [9.17, 15) is 0 Å². The Labute approximate surface area is 130 Å². The third kappa shape index (κ3) is 3.93. The highest BCUT2D eigenvalue weighted by atomic mass is 16.5. The summed E-state index contributed by atoms with van der Waals surface area (Å²) in [5, 5.41) is 3.71. The second-order valence-corrected chi connectivity index (χ2v) is 7.24. The maximum Gasteiger partial charge on any atom is 0.141 e. The average molecular weight is 289 g/mol. The number of ether oxygens (including phenoxy) is 1. The fourth-order valence-corrected chi connectivity index (χ4v) is 3.46. The summed E-state index contributed by atoms with van der Waals surface area (Å²) in [6.45, 7) is 9.30. The van der Waals surface area contributed by atoms with Crippen LogP contribution in [0.25, 0.3) is 0 Å². The number of hydrogen-bond acceptors (Lipinski definition) is 2. The Balaban J connectivity index is 1.96. The Morgan fingerprint density at radius 2 is 1.86 bits per heavy atom. The Hall–Kier alpha value is -1.18. The van der Waals surface area contributed by atoms with Crippen LogP contribution in [0.5, 0.6) is 5.75 Å². The zero-order valence-corrected chi connectivity index (χ0v) is 14.3. The summed E-state index contributed by atoms with van der Waals surface area (Å²) in [4.78, 5) is 0. The van der Waals surface area contributed by atoms with Crippen molar-refractivity contribution in [2.24, 2.45) is 11.3 Å². The molecule has 1 aliphatic carbocycles. The molecule has 2 nitrogen and oxygen atoms in total. The third-order valence-corrected chi connectivity index (χ3v) is 5.46. The number of methoxy groups -OCH3 is 1. The molecular weight excluding hydrogens is 258 g/mol. The highest BCUT2D eigenvalue weighted by Gasteiger charge is 2.31. The minimum Gasteiger partial charge on any atom is -0.495 e. The lowest BCUT2D eigenvalue weighted by atomic mass is 9.69. The van der Waals surface area contributed by atoms with Crippen molar-refractivity contribution in [2.45, 2.75) is 65.8 Å². The molecule has 0 saturated heterocycles. The topological polar surface area (TPSA) is 21.3 Å². The van der Waals surface area contributed by atoms with Crippen molar-refractivity contribution in [2.75, 3.05) is 12.4 Å². The van der Waals surface area contributed by atoms with E-state index in [-0.39, 0.29) is 0 Å². The normalized spacial score (nSPS) is 22.9. The molecule has 0 aliphatic heterocycles. The van der Waals surface area contributed by atoms with Gasteiger partial charge in [-0.1, -0.05) is 33.3 Å². The highest BCUT2D eigenvalue weighted by molar-refractivity contribution is 5.58. The highest BCUT2D eigenvalue weighted by Crippen LogP contribution is 2.41.